The summed E-state index contributed by atoms with van der Waals surface area (Å²) in [5, 5.41) is 20.4. The van der Waals surface area contributed by atoms with Crippen molar-refractivity contribution < 1.29 is 9.94 Å². The van der Waals surface area contributed by atoms with Crippen molar-refractivity contribution in [1.29, 1.82) is 5.26 Å². The molecule has 1 rings (SSSR count). The lowest BCUT2D eigenvalue weighted by molar-refractivity contribution is 0.275. The molecule has 1 atom stereocenters. The largest absolute Gasteiger partial charge is 0.475 e. The molecule has 0 saturated carbocycles. The summed E-state index contributed by atoms with van der Waals surface area (Å²) in [6, 6.07) is 9.09. The molecule has 0 heterocycles. The summed E-state index contributed by atoms with van der Waals surface area (Å²) < 4.78 is 5.36. The quantitative estimate of drug-likeness (QED) is 0.466. The van der Waals surface area contributed by atoms with Gasteiger partial charge in [-0.2, -0.15) is 5.26 Å². The SMILES string of the molecule is CC(=NO)c1ccccc1OC(C)C#N. The highest BCUT2D eigenvalue weighted by molar-refractivity contribution is 6.00. The fourth-order valence-electron chi connectivity index (χ4n) is 1.14. The van der Waals surface area contributed by atoms with Gasteiger partial charge in [-0.1, -0.05) is 17.3 Å². The van der Waals surface area contributed by atoms with Gasteiger partial charge in [-0.25, -0.2) is 0 Å². The molecule has 15 heavy (non-hydrogen) atoms. The molecule has 1 N–H and O–H groups in total. The van der Waals surface area contributed by atoms with E-state index in [0.29, 0.717) is 17.0 Å². The smallest absolute Gasteiger partial charge is 0.181 e. The first-order valence-electron chi connectivity index (χ1n) is 4.53. The van der Waals surface area contributed by atoms with Crippen LogP contribution in [0.1, 0.15) is 19.4 Å². The molecule has 1 aromatic carbocycles. The van der Waals surface area contributed by atoms with Crippen LogP contribution in [0.3, 0.4) is 0 Å². The number of hydrogen-bond donors (Lipinski definition) is 1. The van der Waals surface area contributed by atoms with Crippen molar-refractivity contribution in [3.8, 4) is 11.8 Å². The van der Waals surface area contributed by atoms with Gasteiger partial charge in [-0.15, -0.1) is 0 Å². The zero-order valence-corrected chi connectivity index (χ0v) is 8.64. The highest BCUT2D eigenvalue weighted by Crippen LogP contribution is 2.19. The summed E-state index contributed by atoms with van der Waals surface area (Å²) in [5.41, 5.74) is 1.14. The summed E-state index contributed by atoms with van der Waals surface area (Å²) in [6.45, 7) is 3.32. The molecule has 1 aromatic rings. The van der Waals surface area contributed by atoms with Crippen molar-refractivity contribution in [2.75, 3.05) is 0 Å². The first-order valence-corrected chi connectivity index (χ1v) is 4.53. The molecule has 0 amide bonds. The molecule has 0 aliphatic carbocycles. The minimum Gasteiger partial charge on any atom is -0.475 e. The zero-order valence-electron chi connectivity index (χ0n) is 8.64. The van der Waals surface area contributed by atoms with Crippen LogP contribution in [0.15, 0.2) is 29.4 Å². The predicted molar refractivity (Wildman–Crippen MR) is 56.1 cm³/mol. The van der Waals surface area contributed by atoms with Crippen LogP contribution >= 0.6 is 0 Å². The van der Waals surface area contributed by atoms with Gasteiger partial charge in [0.25, 0.3) is 0 Å². The molecule has 0 aliphatic rings. The first kappa shape index (κ1) is 11.1. The van der Waals surface area contributed by atoms with Gasteiger partial charge >= 0.3 is 0 Å². The zero-order chi connectivity index (χ0) is 11.3. The maximum absolute atomic E-state index is 8.67. The van der Waals surface area contributed by atoms with E-state index in [2.05, 4.69) is 5.16 Å². The second kappa shape index (κ2) is 5.01. The van der Waals surface area contributed by atoms with Gasteiger partial charge in [0.05, 0.1) is 5.71 Å². The van der Waals surface area contributed by atoms with Crippen LogP contribution in [0.2, 0.25) is 0 Å². The molecule has 0 saturated heterocycles. The summed E-state index contributed by atoms with van der Waals surface area (Å²) >= 11 is 0. The third kappa shape index (κ3) is 2.71. The fraction of sp³-hybridized carbons (Fsp3) is 0.273. The highest BCUT2D eigenvalue weighted by Gasteiger charge is 2.09. The molecule has 4 heteroatoms. The first-order chi connectivity index (χ1) is 7.19. The maximum Gasteiger partial charge on any atom is 0.181 e. The van der Waals surface area contributed by atoms with Crippen molar-refractivity contribution >= 4 is 5.71 Å². The van der Waals surface area contributed by atoms with Crippen molar-refractivity contribution in [2.24, 2.45) is 5.16 Å². The molecule has 0 fully saturated rings. The molecule has 0 spiro atoms. The fourth-order valence-corrected chi connectivity index (χ4v) is 1.14. The van der Waals surface area contributed by atoms with E-state index in [1.165, 1.54) is 0 Å². The van der Waals surface area contributed by atoms with Crippen LogP contribution < -0.4 is 4.74 Å². The second-order valence-electron chi connectivity index (χ2n) is 3.07. The Bertz CT molecular complexity index is 407. The number of nitriles is 1. The monoisotopic (exact) mass is 204 g/mol. The molecule has 1 unspecified atom stereocenters. The van der Waals surface area contributed by atoms with E-state index >= 15 is 0 Å². The average Bonchev–Trinajstić information content (AvgIpc) is 2.28. The van der Waals surface area contributed by atoms with E-state index in [1.807, 2.05) is 12.1 Å². The Labute approximate surface area is 88.4 Å². The van der Waals surface area contributed by atoms with E-state index in [-0.39, 0.29) is 0 Å². The molecular formula is C11H12N2O2. The maximum atomic E-state index is 8.67. The molecule has 0 aliphatic heterocycles. The van der Waals surface area contributed by atoms with Crippen LogP contribution in [-0.2, 0) is 0 Å². The lowest BCUT2D eigenvalue weighted by atomic mass is 10.1. The normalized spacial score (nSPS) is 13.0. The predicted octanol–water partition coefficient (Wildman–Crippen LogP) is 2.18. The molecule has 0 bridgehead atoms. The van der Waals surface area contributed by atoms with E-state index in [0.717, 1.165) is 0 Å². The Kier molecular flexibility index (Phi) is 3.69. The summed E-state index contributed by atoms with van der Waals surface area (Å²) in [4.78, 5) is 0. The molecule has 0 aromatic heterocycles. The Hall–Kier alpha value is -2.02. The van der Waals surface area contributed by atoms with Crippen LogP contribution in [0, 0.1) is 11.3 Å². The Morgan fingerprint density at radius 1 is 1.53 bits per heavy atom. The Balaban J connectivity index is 3.03. The van der Waals surface area contributed by atoms with E-state index in [9.17, 15) is 0 Å². The number of nitrogens with zero attached hydrogens (tertiary/aromatic N) is 2. The topological polar surface area (TPSA) is 65.6 Å². The Morgan fingerprint density at radius 2 is 2.20 bits per heavy atom. The number of benzene rings is 1. The number of para-hydroxylation sites is 1. The standard InChI is InChI=1S/C11H12N2O2/c1-8(7-12)15-11-6-4-3-5-10(11)9(2)13-14/h3-6,8,14H,1-2H3. The van der Waals surface area contributed by atoms with Gasteiger partial charge in [0.2, 0.25) is 0 Å². The molecule has 0 radical (unpaired) electrons. The number of hydrogen-bond acceptors (Lipinski definition) is 4. The number of ether oxygens (including phenoxy) is 1. The minimum absolute atomic E-state index is 0.454. The van der Waals surface area contributed by atoms with Gasteiger partial charge in [-0.3, -0.25) is 0 Å². The molecule has 78 valence electrons. The molecular weight excluding hydrogens is 192 g/mol. The van der Waals surface area contributed by atoms with Crippen molar-refractivity contribution in [3.05, 3.63) is 29.8 Å². The molecule has 4 nitrogen and oxygen atoms in total. The second-order valence-corrected chi connectivity index (χ2v) is 3.07. The van der Waals surface area contributed by atoms with Crippen LogP contribution in [0.4, 0.5) is 0 Å². The van der Waals surface area contributed by atoms with Gasteiger partial charge in [0.1, 0.15) is 11.8 Å². The van der Waals surface area contributed by atoms with Crippen LogP contribution in [-0.4, -0.2) is 17.0 Å². The lowest BCUT2D eigenvalue weighted by Crippen LogP contribution is -2.11. The lowest BCUT2D eigenvalue weighted by Gasteiger charge is -2.11. The van der Waals surface area contributed by atoms with Crippen molar-refractivity contribution in [2.45, 2.75) is 20.0 Å². The van der Waals surface area contributed by atoms with Crippen molar-refractivity contribution in [3.63, 3.8) is 0 Å². The van der Waals surface area contributed by atoms with Gasteiger partial charge in [-0.05, 0) is 26.0 Å². The summed E-state index contributed by atoms with van der Waals surface area (Å²) in [6.07, 6.45) is -0.530. The van der Waals surface area contributed by atoms with Crippen LogP contribution in [0.5, 0.6) is 5.75 Å². The van der Waals surface area contributed by atoms with Crippen molar-refractivity contribution in [1.82, 2.24) is 0 Å². The van der Waals surface area contributed by atoms with Gasteiger partial charge in [0, 0.05) is 5.56 Å². The summed E-state index contributed by atoms with van der Waals surface area (Å²) in [5.74, 6) is 0.543. The third-order valence-electron chi connectivity index (χ3n) is 1.91. The summed E-state index contributed by atoms with van der Waals surface area (Å²) in [7, 11) is 0. The third-order valence-corrected chi connectivity index (χ3v) is 1.91. The van der Waals surface area contributed by atoms with Gasteiger partial charge in [0.15, 0.2) is 6.10 Å². The van der Waals surface area contributed by atoms with Crippen LogP contribution in [0.25, 0.3) is 0 Å². The van der Waals surface area contributed by atoms with Gasteiger partial charge < -0.3 is 9.94 Å². The van der Waals surface area contributed by atoms with E-state index < -0.39 is 6.10 Å². The minimum atomic E-state index is -0.530. The number of oxime groups is 1. The average molecular weight is 204 g/mol. The number of rotatable bonds is 3. The van der Waals surface area contributed by atoms with E-state index in [1.54, 1.807) is 32.0 Å². The Morgan fingerprint density at radius 3 is 2.80 bits per heavy atom. The highest BCUT2D eigenvalue weighted by atomic mass is 16.5. The van der Waals surface area contributed by atoms with E-state index in [4.69, 9.17) is 15.2 Å².